The molecule has 0 atom stereocenters. The Labute approximate surface area is 93.7 Å². The van der Waals surface area contributed by atoms with Gasteiger partial charge in [-0.3, -0.25) is 0 Å². The van der Waals surface area contributed by atoms with Crippen LogP contribution in [0.1, 0.15) is 21.7 Å². The number of para-hydroxylation sites is 1. The van der Waals surface area contributed by atoms with Crippen molar-refractivity contribution >= 4 is 16.9 Å². The van der Waals surface area contributed by atoms with Crippen LogP contribution in [0.4, 0.5) is 0 Å². The predicted molar refractivity (Wildman–Crippen MR) is 61.4 cm³/mol. The maximum absolute atomic E-state index is 11.5. The highest BCUT2D eigenvalue weighted by Gasteiger charge is 2.21. The Morgan fingerprint density at radius 2 is 2.06 bits per heavy atom. The zero-order valence-electron chi connectivity index (χ0n) is 9.53. The first-order valence-corrected chi connectivity index (χ1v) is 5.05. The summed E-state index contributed by atoms with van der Waals surface area (Å²) in [5.41, 5.74) is 2.11. The molecule has 3 nitrogen and oxygen atoms in total. The molecule has 0 saturated carbocycles. The van der Waals surface area contributed by atoms with E-state index >= 15 is 0 Å². The molecule has 2 rings (SSSR count). The number of carbonyl (C=O) groups excluding carboxylic acids is 1. The van der Waals surface area contributed by atoms with Crippen molar-refractivity contribution in [2.24, 2.45) is 0 Å². The molecule has 1 aromatic carbocycles. The van der Waals surface area contributed by atoms with E-state index in [4.69, 9.17) is 9.15 Å². The Morgan fingerprint density at radius 1 is 1.31 bits per heavy atom. The van der Waals surface area contributed by atoms with E-state index in [2.05, 4.69) is 0 Å². The van der Waals surface area contributed by atoms with Gasteiger partial charge in [0.05, 0.1) is 19.4 Å². The van der Waals surface area contributed by atoms with Gasteiger partial charge in [-0.1, -0.05) is 6.07 Å². The molecule has 0 unspecified atom stereocenters. The van der Waals surface area contributed by atoms with Crippen molar-refractivity contribution in [2.45, 2.75) is 13.8 Å². The van der Waals surface area contributed by atoms with Crippen LogP contribution < -0.4 is 0 Å². The molecule has 0 amide bonds. The standard InChI is InChI=1S/C13H13O3/c1-8-7-10-5-4-6-11(13(14)15-3)12(10)16-9(8)2/h4-7H,1-3H3/q+1. The van der Waals surface area contributed by atoms with Gasteiger partial charge < -0.3 is 4.74 Å². The van der Waals surface area contributed by atoms with Gasteiger partial charge in [0.15, 0.2) is 5.56 Å². The lowest BCUT2D eigenvalue weighted by atomic mass is 10.1. The number of benzene rings is 1. The van der Waals surface area contributed by atoms with Crippen LogP contribution >= 0.6 is 0 Å². The number of carbonyl (C=O) groups is 1. The number of fused-ring (bicyclic) bond motifs is 1. The van der Waals surface area contributed by atoms with Gasteiger partial charge in [0.25, 0.3) is 0 Å². The smallest absolute Gasteiger partial charge is 0.374 e. The summed E-state index contributed by atoms with van der Waals surface area (Å²) in [4.78, 5) is 11.5. The molecule has 0 bridgehead atoms. The quantitative estimate of drug-likeness (QED) is 0.544. The molecule has 16 heavy (non-hydrogen) atoms. The molecule has 82 valence electrons. The van der Waals surface area contributed by atoms with Crippen molar-refractivity contribution in [3.05, 3.63) is 41.2 Å². The minimum Gasteiger partial charge on any atom is -0.465 e. The van der Waals surface area contributed by atoms with Crippen molar-refractivity contribution in [1.29, 1.82) is 0 Å². The molecule has 1 aromatic heterocycles. The molecule has 0 aliphatic heterocycles. The highest BCUT2D eigenvalue weighted by Crippen LogP contribution is 2.23. The van der Waals surface area contributed by atoms with Gasteiger partial charge in [-0.25, -0.2) is 9.21 Å². The van der Waals surface area contributed by atoms with Crippen LogP contribution in [-0.2, 0) is 4.74 Å². The second-order valence-electron chi connectivity index (χ2n) is 3.70. The van der Waals surface area contributed by atoms with Crippen LogP contribution in [0, 0.1) is 13.8 Å². The van der Waals surface area contributed by atoms with Gasteiger partial charge in [0.1, 0.15) is 0 Å². The molecular formula is C13H13O3+. The lowest BCUT2D eigenvalue weighted by Gasteiger charge is -1.98. The van der Waals surface area contributed by atoms with Gasteiger partial charge in [0.2, 0.25) is 0 Å². The van der Waals surface area contributed by atoms with Gasteiger partial charge in [-0.15, -0.1) is 0 Å². The number of rotatable bonds is 1. The van der Waals surface area contributed by atoms with Gasteiger partial charge in [0, 0.05) is 5.56 Å². The lowest BCUT2D eigenvalue weighted by molar-refractivity contribution is 0.0601. The molecule has 0 aliphatic carbocycles. The summed E-state index contributed by atoms with van der Waals surface area (Å²) < 4.78 is 10.4. The molecule has 0 spiro atoms. The zero-order valence-corrected chi connectivity index (χ0v) is 9.53. The molecule has 1 heterocycles. The summed E-state index contributed by atoms with van der Waals surface area (Å²) in [6, 6.07) is 7.43. The van der Waals surface area contributed by atoms with E-state index in [9.17, 15) is 4.79 Å². The molecule has 0 aliphatic rings. The third kappa shape index (κ3) is 1.65. The third-order valence-electron chi connectivity index (χ3n) is 2.63. The van der Waals surface area contributed by atoms with E-state index in [0.29, 0.717) is 11.1 Å². The first-order valence-electron chi connectivity index (χ1n) is 5.05. The monoisotopic (exact) mass is 217 g/mol. The van der Waals surface area contributed by atoms with E-state index in [1.165, 1.54) is 7.11 Å². The average molecular weight is 217 g/mol. The van der Waals surface area contributed by atoms with Crippen LogP contribution in [0.5, 0.6) is 0 Å². The topological polar surface area (TPSA) is 37.6 Å². The van der Waals surface area contributed by atoms with Gasteiger partial charge in [-0.2, -0.15) is 0 Å². The van der Waals surface area contributed by atoms with Crippen molar-refractivity contribution in [3.63, 3.8) is 0 Å². The van der Waals surface area contributed by atoms with E-state index in [-0.39, 0.29) is 5.97 Å². The summed E-state index contributed by atoms with van der Waals surface area (Å²) in [7, 11) is 1.36. The molecule has 2 aromatic rings. The SMILES string of the molecule is COC(=O)c1cccc2cc(C)c(C)[o+]c12. The van der Waals surface area contributed by atoms with Crippen molar-refractivity contribution in [1.82, 2.24) is 0 Å². The Morgan fingerprint density at radius 3 is 2.75 bits per heavy atom. The Balaban J connectivity index is 2.77. The number of methoxy groups -OCH3 is 1. The number of aryl methyl sites for hydroxylation is 2. The largest absolute Gasteiger partial charge is 0.465 e. The van der Waals surface area contributed by atoms with Crippen LogP contribution in [-0.4, -0.2) is 13.1 Å². The molecule has 3 heteroatoms. The van der Waals surface area contributed by atoms with Crippen molar-refractivity contribution in [3.8, 4) is 0 Å². The summed E-state index contributed by atoms with van der Waals surface area (Å²) in [6.07, 6.45) is 0. The highest BCUT2D eigenvalue weighted by molar-refractivity contribution is 6.01. The number of hydrogen-bond acceptors (Lipinski definition) is 2. The van der Waals surface area contributed by atoms with E-state index in [0.717, 1.165) is 16.7 Å². The normalized spacial score (nSPS) is 10.4. The molecular weight excluding hydrogens is 204 g/mol. The fourth-order valence-corrected chi connectivity index (χ4v) is 1.62. The van der Waals surface area contributed by atoms with Crippen LogP contribution in [0.2, 0.25) is 0 Å². The fourth-order valence-electron chi connectivity index (χ4n) is 1.62. The van der Waals surface area contributed by atoms with E-state index in [1.807, 2.05) is 32.0 Å². The molecule has 0 N–H and O–H groups in total. The van der Waals surface area contributed by atoms with Gasteiger partial charge in [-0.05, 0) is 25.1 Å². The first-order chi connectivity index (χ1) is 7.63. The Kier molecular flexibility index (Phi) is 2.60. The highest BCUT2D eigenvalue weighted by atomic mass is 16.5. The number of ether oxygens (including phenoxy) is 1. The Hall–Kier alpha value is -1.90. The maximum Gasteiger partial charge on any atom is 0.374 e. The number of esters is 1. The molecule has 0 radical (unpaired) electrons. The minimum absolute atomic E-state index is 0.377. The minimum atomic E-state index is -0.377. The first kappa shape index (κ1) is 10.6. The molecule has 0 fully saturated rings. The van der Waals surface area contributed by atoms with Crippen LogP contribution in [0.15, 0.2) is 28.7 Å². The predicted octanol–water partition coefficient (Wildman–Crippen LogP) is 3.12. The second-order valence-corrected chi connectivity index (χ2v) is 3.70. The zero-order chi connectivity index (χ0) is 11.7. The molecule has 0 saturated heterocycles. The van der Waals surface area contributed by atoms with Crippen molar-refractivity contribution < 1.29 is 13.9 Å². The van der Waals surface area contributed by atoms with E-state index in [1.54, 1.807) is 6.07 Å². The van der Waals surface area contributed by atoms with Crippen LogP contribution in [0.25, 0.3) is 11.0 Å². The lowest BCUT2D eigenvalue weighted by Crippen LogP contribution is -2.02. The Bertz CT molecular complexity index is 558. The second kappa shape index (κ2) is 3.93. The fraction of sp³-hybridized carbons (Fsp3) is 0.231. The summed E-state index contributed by atoms with van der Waals surface area (Å²) in [6.45, 7) is 3.85. The summed E-state index contributed by atoms with van der Waals surface area (Å²) >= 11 is 0. The van der Waals surface area contributed by atoms with Crippen molar-refractivity contribution in [2.75, 3.05) is 7.11 Å². The van der Waals surface area contributed by atoms with E-state index < -0.39 is 0 Å². The summed E-state index contributed by atoms with van der Waals surface area (Å²) in [5, 5.41) is 0.908. The average Bonchev–Trinajstić information content (AvgIpc) is 2.29. The third-order valence-corrected chi connectivity index (χ3v) is 2.63. The van der Waals surface area contributed by atoms with Crippen LogP contribution in [0.3, 0.4) is 0 Å². The summed E-state index contributed by atoms with van der Waals surface area (Å²) in [5.74, 6) is 0.432. The number of hydrogen-bond donors (Lipinski definition) is 0. The van der Waals surface area contributed by atoms with Gasteiger partial charge >= 0.3 is 17.3 Å². The maximum atomic E-state index is 11.5.